The molecule has 0 spiro atoms. The zero-order valence-corrected chi connectivity index (χ0v) is 13.1. The number of aromatic nitrogens is 5. The first-order chi connectivity index (χ1) is 10.7. The van der Waals surface area contributed by atoms with Crippen LogP contribution in [0.25, 0.3) is 0 Å². The van der Waals surface area contributed by atoms with Crippen LogP contribution in [0.15, 0.2) is 18.7 Å². The van der Waals surface area contributed by atoms with Gasteiger partial charge in [0.15, 0.2) is 0 Å². The van der Waals surface area contributed by atoms with Crippen molar-refractivity contribution >= 4 is 5.82 Å². The number of piperazine rings is 1. The molecule has 0 N–H and O–H groups in total. The van der Waals surface area contributed by atoms with Crippen molar-refractivity contribution in [3.05, 3.63) is 30.0 Å². The van der Waals surface area contributed by atoms with Crippen LogP contribution in [-0.4, -0.2) is 61.6 Å². The van der Waals surface area contributed by atoms with Gasteiger partial charge < -0.3 is 4.90 Å². The van der Waals surface area contributed by atoms with E-state index in [1.165, 1.54) is 12.0 Å². The van der Waals surface area contributed by atoms with E-state index in [1.807, 2.05) is 10.9 Å². The van der Waals surface area contributed by atoms with Crippen molar-refractivity contribution in [2.24, 2.45) is 0 Å². The SMILES string of the molecule is Cc1ncnc(N2CC3CC(C2)N3CCn2ccnn2)c1C. The normalized spacial score (nSPS) is 24.4. The topological polar surface area (TPSA) is 63.0 Å². The molecule has 2 aromatic rings. The van der Waals surface area contributed by atoms with Gasteiger partial charge in [0.2, 0.25) is 0 Å². The Morgan fingerprint density at radius 2 is 1.95 bits per heavy atom. The quantitative estimate of drug-likeness (QED) is 0.826. The third-order valence-electron chi connectivity index (χ3n) is 5.01. The van der Waals surface area contributed by atoms with Crippen LogP contribution in [0.3, 0.4) is 0 Å². The predicted octanol–water partition coefficient (Wildman–Crippen LogP) is 0.648. The van der Waals surface area contributed by atoms with Gasteiger partial charge in [-0.2, -0.15) is 0 Å². The number of anilines is 1. The molecule has 2 unspecified atom stereocenters. The monoisotopic (exact) mass is 299 g/mol. The fraction of sp³-hybridized carbons (Fsp3) is 0.600. The Morgan fingerprint density at radius 1 is 1.14 bits per heavy atom. The zero-order valence-electron chi connectivity index (χ0n) is 13.1. The van der Waals surface area contributed by atoms with Gasteiger partial charge in [0.1, 0.15) is 12.1 Å². The summed E-state index contributed by atoms with van der Waals surface area (Å²) in [6.07, 6.45) is 6.64. The van der Waals surface area contributed by atoms with Crippen LogP contribution in [-0.2, 0) is 6.54 Å². The molecule has 0 aliphatic carbocycles. The van der Waals surface area contributed by atoms with Crippen LogP contribution in [0.5, 0.6) is 0 Å². The summed E-state index contributed by atoms with van der Waals surface area (Å²) in [4.78, 5) is 13.8. The van der Waals surface area contributed by atoms with E-state index in [4.69, 9.17) is 0 Å². The van der Waals surface area contributed by atoms with Gasteiger partial charge in [0.25, 0.3) is 0 Å². The van der Waals surface area contributed by atoms with E-state index in [0.717, 1.165) is 37.7 Å². The molecule has 5 heterocycles. The summed E-state index contributed by atoms with van der Waals surface area (Å²) in [5.74, 6) is 1.11. The maximum absolute atomic E-state index is 4.50. The molecule has 3 aliphatic rings. The lowest BCUT2D eigenvalue weighted by Crippen LogP contribution is -2.69. The fourth-order valence-electron chi connectivity index (χ4n) is 3.64. The van der Waals surface area contributed by atoms with E-state index in [-0.39, 0.29) is 0 Å². The fourth-order valence-corrected chi connectivity index (χ4v) is 3.64. The predicted molar refractivity (Wildman–Crippen MR) is 82.6 cm³/mol. The van der Waals surface area contributed by atoms with Crippen molar-refractivity contribution in [3.8, 4) is 0 Å². The number of nitrogens with zero attached hydrogens (tertiary/aromatic N) is 7. The van der Waals surface area contributed by atoms with Crippen LogP contribution >= 0.6 is 0 Å². The molecule has 3 fully saturated rings. The second-order valence-corrected chi connectivity index (χ2v) is 6.26. The van der Waals surface area contributed by atoms with Crippen molar-refractivity contribution in [1.29, 1.82) is 0 Å². The third kappa shape index (κ3) is 2.25. The molecule has 5 rings (SSSR count). The summed E-state index contributed by atoms with van der Waals surface area (Å²) < 4.78 is 1.91. The number of aryl methyl sites for hydroxylation is 1. The van der Waals surface area contributed by atoms with E-state index < -0.39 is 0 Å². The van der Waals surface area contributed by atoms with Gasteiger partial charge in [0, 0.05) is 49.2 Å². The highest BCUT2D eigenvalue weighted by molar-refractivity contribution is 5.49. The molecule has 22 heavy (non-hydrogen) atoms. The first-order valence-corrected chi connectivity index (χ1v) is 7.85. The lowest BCUT2D eigenvalue weighted by atomic mass is 9.87. The number of hydrogen-bond acceptors (Lipinski definition) is 6. The molecule has 7 nitrogen and oxygen atoms in total. The van der Waals surface area contributed by atoms with E-state index in [2.05, 4.69) is 43.9 Å². The summed E-state index contributed by atoms with van der Waals surface area (Å²) >= 11 is 0. The number of piperidine rings is 1. The third-order valence-corrected chi connectivity index (χ3v) is 5.01. The first-order valence-electron chi connectivity index (χ1n) is 7.85. The molecule has 3 saturated heterocycles. The first kappa shape index (κ1) is 13.6. The molecule has 7 heteroatoms. The lowest BCUT2D eigenvalue weighted by molar-refractivity contribution is -0.00436. The molecule has 2 bridgehead atoms. The standard InChI is InChI=1S/C15H21N7/c1-11-12(2)16-10-17-15(11)20-8-13-7-14(9-20)22(13)6-5-21-4-3-18-19-21/h3-4,10,13-14H,5-9H2,1-2H3. The minimum absolute atomic E-state index is 0.636. The van der Waals surface area contributed by atoms with Gasteiger partial charge in [-0.25, -0.2) is 9.97 Å². The summed E-state index contributed by atoms with van der Waals surface area (Å²) in [7, 11) is 0. The van der Waals surface area contributed by atoms with Crippen LogP contribution in [0, 0.1) is 13.8 Å². The van der Waals surface area contributed by atoms with Crippen molar-refractivity contribution < 1.29 is 0 Å². The summed E-state index contributed by atoms with van der Waals surface area (Å²) in [6, 6.07) is 1.27. The highest BCUT2D eigenvalue weighted by atomic mass is 15.4. The number of hydrogen-bond donors (Lipinski definition) is 0. The highest BCUT2D eigenvalue weighted by Crippen LogP contribution is 2.34. The van der Waals surface area contributed by atoms with Crippen molar-refractivity contribution in [2.45, 2.75) is 38.9 Å². The Bertz CT molecular complexity index is 642. The molecule has 2 atom stereocenters. The molecule has 116 valence electrons. The molecular formula is C15H21N7. The molecular weight excluding hydrogens is 278 g/mol. The van der Waals surface area contributed by atoms with Crippen molar-refractivity contribution in [3.63, 3.8) is 0 Å². The molecule has 0 radical (unpaired) electrons. The average molecular weight is 299 g/mol. The van der Waals surface area contributed by atoms with E-state index in [9.17, 15) is 0 Å². The van der Waals surface area contributed by atoms with Gasteiger partial charge in [-0.1, -0.05) is 5.21 Å². The van der Waals surface area contributed by atoms with Gasteiger partial charge in [-0.05, 0) is 20.3 Å². The number of fused-ring (bicyclic) bond motifs is 2. The Labute approximate surface area is 130 Å². The minimum atomic E-state index is 0.636. The Kier molecular flexibility index (Phi) is 3.29. The summed E-state index contributed by atoms with van der Waals surface area (Å²) in [6.45, 7) is 8.26. The molecule has 0 amide bonds. The summed E-state index contributed by atoms with van der Waals surface area (Å²) in [5, 5.41) is 7.89. The van der Waals surface area contributed by atoms with E-state index in [1.54, 1.807) is 12.5 Å². The maximum Gasteiger partial charge on any atom is 0.135 e. The van der Waals surface area contributed by atoms with Gasteiger partial charge >= 0.3 is 0 Å². The van der Waals surface area contributed by atoms with Crippen molar-refractivity contribution in [2.75, 3.05) is 24.5 Å². The highest BCUT2D eigenvalue weighted by Gasteiger charge is 2.44. The zero-order chi connectivity index (χ0) is 15.1. The van der Waals surface area contributed by atoms with Crippen LogP contribution in [0.4, 0.5) is 5.82 Å². The maximum atomic E-state index is 4.50. The van der Waals surface area contributed by atoms with Gasteiger partial charge in [0.05, 0.1) is 12.7 Å². The van der Waals surface area contributed by atoms with Crippen LogP contribution in [0.1, 0.15) is 17.7 Å². The van der Waals surface area contributed by atoms with Crippen LogP contribution in [0.2, 0.25) is 0 Å². The lowest BCUT2D eigenvalue weighted by Gasteiger charge is -2.56. The Balaban J connectivity index is 1.41. The van der Waals surface area contributed by atoms with Crippen LogP contribution < -0.4 is 4.90 Å². The number of rotatable bonds is 4. The smallest absolute Gasteiger partial charge is 0.135 e. The molecule has 0 aromatic carbocycles. The van der Waals surface area contributed by atoms with E-state index in [0.29, 0.717) is 12.1 Å². The van der Waals surface area contributed by atoms with Gasteiger partial charge in [-0.3, -0.25) is 9.58 Å². The summed E-state index contributed by atoms with van der Waals surface area (Å²) in [5.41, 5.74) is 2.28. The minimum Gasteiger partial charge on any atom is -0.353 e. The molecule has 3 aliphatic heterocycles. The molecule has 2 aromatic heterocycles. The molecule has 0 saturated carbocycles. The second kappa shape index (κ2) is 5.31. The second-order valence-electron chi connectivity index (χ2n) is 6.26. The van der Waals surface area contributed by atoms with Gasteiger partial charge in [-0.15, -0.1) is 5.10 Å². The Morgan fingerprint density at radius 3 is 2.68 bits per heavy atom. The average Bonchev–Trinajstić information content (AvgIpc) is 3.03. The van der Waals surface area contributed by atoms with E-state index >= 15 is 0 Å². The largest absolute Gasteiger partial charge is 0.353 e. The Hall–Kier alpha value is -2.02. The van der Waals surface area contributed by atoms with Crippen molar-refractivity contribution in [1.82, 2.24) is 29.9 Å².